The Labute approximate surface area is 147 Å². The van der Waals surface area contributed by atoms with E-state index in [1.807, 2.05) is 46.8 Å². The summed E-state index contributed by atoms with van der Waals surface area (Å²) in [6, 6.07) is 0.460. The van der Waals surface area contributed by atoms with Gasteiger partial charge in [-0.15, -0.1) is 15.0 Å². The summed E-state index contributed by atoms with van der Waals surface area (Å²) >= 11 is 0. The number of rotatable bonds is 9. The molecule has 2 fully saturated rings. The van der Waals surface area contributed by atoms with Crippen molar-refractivity contribution in [1.82, 2.24) is 15.0 Å². The third-order valence-electron chi connectivity index (χ3n) is 4.59. The van der Waals surface area contributed by atoms with E-state index in [0.29, 0.717) is 19.8 Å². The predicted molar refractivity (Wildman–Crippen MR) is 89.0 cm³/mol. The van der Waals surface area contributed by atoms with E-state index in [2.05, 4.69) is 15.0 Å². The maximum Gasteiger partial charge on any atom is 0.326 e. The van der Waals surface area contributed by atoms with Gasteiger partial charge in [0.25, 0.3) is 0 Å². The number of hydrogen-bond acceptors (Lipinski definition) is 8. The van der Waals surface area contributed by atoms with E-state index in [9.17, 15) is 0 Å². The van der Waals surface area contributed by atoms with Gasteiger partial charge in [-0.25, -0.2) is 0 Å². The van der Waals surface area contributed by atoms with E-state index in [4.69, 9.17) is 23.7 Å². The van der Waals surface area contributed by atoms with Crippen molar-refractivity contribution >= 4 is 0 Å². The number of ether oxygens (including phenoxy) is 5. The lowest BCUT2D eigenvalue weighted by molar-refractivity contribution is 0.170. The molecule has 3 heterocycles. The zero-order chi connectivity index (χ0) is 18.1. The molecule has 0 N–H and O–H groups in total. The van der Waals surface area contributed by atoms with Crippen LogP contribution in [0, 0.1) is 0 Å². The molecule has 2 aliphatic heterocycles. The van der Waals surface area contributed by atoms with Gasteiger partial charge < -0.3 is 23.7 Å². The average molecular weight is 351 g/mol. The van der Waals surface area contributed by atoms with Gasteiger partial charge in [0, 0.05) is 0 Å². The van der Waals surface area contributed by atoms with Crippen molar-refractivity contribution in [2.45, 2.75) is 58.0 Å². The molecule has 25 heavy (non-hydrogen) atoms. The molecule has 2 aliphatic rings. The lowest BCUT2D eigenvalue weighted by Gasteiger charge is -2.12. The Morgan fingerprint density at radius 1 is 0.880 bits per heavy atom. The normalized spacial score (nSPS) is 33.3. The second-order valence-electron chi connectivity index (χ2n) is 6.79. The molecule has 2 saturated heterocycles. The maximum atomic E-state index is 5.66. The van der Waals surface area contributed by atoms with Gasteiger partial charge in [-0.2, -0.15) is 0 Å². The highest BCUT2D eigenvalue weighted by Crippen LogP contribution is 2.36. The van der Waals surface area contributed by atoms with Gasteiger partial charge in [0.1, 0.15) is 31.0 Å². The van der Waals surface area contributed by atoms with E-state index in [1.54, 1.807) is 0 Å². The molecule has 0 amide bonds. The maximum absolute atomic E-state index is 5.66. The SMILES string of the molecule is CC=CCOc1nc(OCC2(C)OC2C)nc(OCC2(C)OC2C)n1. The van der Waals surface area contributed by atoms with Crippen LogP contribution in [0.1, 0.15) is 34.6 Å². The summed E-state index contributed by atoms with van der Waals surface area (Å²) in [5.41, 5.74) is -0.602. The van der Waals surface area contributed by atoms with Crippen LogP contribution in [0.15, 0.2) is 12.2 Å². The van der Waals surface area contributed by atoms with Crippen LogP contribution in [0.4, 0.5) is 0 Å². The number of epoxide rings is 2. The topological polar surface area (TPSA) is 91.4 Å². The molecular formula is C17H25N3O5. The van der Waals surface area contributed by atoms with Crippen molar-refractivity contribution in [2.75, 3.05) is 19.8 Å². The van der Waals surface area contributed by atoms with Gasteiger partial charge in [-0.3, -0.25) is 0 Å². The minimum atomic E-state index is -0.301. The molecule has 8 heteroatoms. The summed E-state index contributed by atoms with van der Waals surface area (Å²) in [6.45, 7) is 10.9. The molecule has 1 aromatic rings. The Morgan fingerprint density at radius 3 is 1.64 bits per heavy atom. The van der Waals surface area contributed by atoms with Gasteiger partial charge in [0.2, 0.25) is 0 Å². The number of nitrogens with zero attached hydrogens (tertiary/aromatic N) is 3. The van der Waals surface area contributed by atoms with Gasteiger partial charge in [-0.05, 0) is 34.6 Å². The smallest absolute Gasteiger partial charge is 0.326 e. The summed E-state index contributed by atoms with van der Waals surface area (Å²) in [5, 5.41) is 0. The second kappa shape index (κ2) is 6.76. The summed E-state index contributed by atoms with van der Waals surface area (Å²) in [7, 11) is 0. The number of hydrogen-bond donors (Lipinski definition) is 0. The first-order valence-corrected chi connectivity index (χ1v) is 8.46. The lowest BCUT2D eigenvalue weighted by Crippen LogP contribution is -2.22. The first-order valence-electron chi connectivity index (χ1n) is 8.46. The molecule has 0 radical (unpaired) electrons. The first-order chi connectivity index (χ1) is 11.8. The lowest BCUT2D eigenvalue weighted by atomic mass is 10.1. The summed E-state index contributed by atoms with van der Waals surface area (Å²) in [6.07, 6.45) is 4.05. The number of allylic oxidation sites excluding steroid dienone is 1. The van der Waals surface area contributed by atoms with Crippen LogP contribution in [-0.4, -0.2) is 58.2 Å². The molecule has 4 atom stereocenters. The summed E-state index contributed by atoms with van der Waals surface area (Å²) < 4.78 is 27.8. The van der Waals surface area contributed by atoms with Crippen molar-refractivity contribution in [1.29, 1.82) is 0 Å². The van der Waals surface area contributed by atoms with Gasteiger partial charge in [0.15, 0.2) is 0 Å². The largest absolute Gasteiger partial charge is 0.460 e. The molecule has 0 bridgehead atoms. The van der Waals surface area contributed by atoms with Crippen molar-refractivity contribution in [3.8, 4) is 18.0 Å². The second-order valence-corrected chi connectivity index (χ2v) is 6.79. The van der Waals surface area contributed by atoms with Crippen LogP contribution in [0.25, 0.3) is 0 Å². The van der Waals surface area contributed by atoms with Crippen molar-refractivity contribution < 1.29 is 23.7 Å². The zero-order valence-corrected chi connectivity index (χ0v) is 15.3. The Kier molecular flexibility index (Phi) is 4.83. The highest BCUT2D eigenvalue weighted by Gasteiger charge is 2.50. The third kappa shape index (κ3) is 4.38. The van der Waals surface area contributed by atoms with E-state index in [1.165, 1.54) is 0 Å². The van der Waals surface area contributed by atoms with Gasteiger partial charge >= 0.3 is 18.0 Å². The van der Waals surface area contributed by atoms with Crippen LogP contribution in [-0.2, 0) is 9.47 Å². The molecule has 138 valence electrons. The quantitative estimate of drug-likeness (QED) is 0.492. The molecular weight excluding hydrogens is 326 g/mol. The Hall–Kier alpha value is -1.93. The molecule has 1 aromatic heterocycles. The first kappa shape index (κ1) is 17.9. The molecule has 0 spiro atoms. The van der Waals surface area contributed by atoms with Crippen molar-refractivity contribution in [3.63, 3.8) is 0 Å². The van der Waals surface area contributed by atoms with Gasteiger partial charge in [-0.1, -0.05) is 12.2 Å². The van der Waals surface area contributed by atoms with E-state index in [0.717, 1.165) is 0 Å². The zero-order valence-electron chi connectivity index (χ0n) is 15.3. The van der Waals surface area contributed by atoms with Gasteiger partial charge in [0.05, 0.1) is 12.2 Å². The standard InChI is InChI=1S/C17H25N3O5/c1-6-7-8-21-13-18-14(22-9-16(4)11(2)24-16)20-15(19-13)23-10-17(5)12(3)25-17/h6-7,11-12H,8-10H2,1-5H3. The third-order valence-corrected chi connectivity index (χ3v) is 4.59. The predicted octanol–water partition coefficient (Wildman–Crippen LogP) is 1.94. The minimum Gasteiger partial charge on any atom is -0.460 e. The highest BCUT2D eigenvalue weighted by molar-refractivity contribution is 5.11. The molecule has 0 aliphatic carbocycles. The van der Waals surface area contributed by atoms with E-state index >= 15 is 0 Å². The van der Waals surface area contributed by atoms with Crippen LogP contribution in [0.5, 0.6) is 18.0 Å². The van der Waals surface area contributed by atoms with Crippen LogP contribution in [0.3, 0.4) is 0 Å². The summed E-state index contributed by atoms with van der Waals surface area (Å²) in [4.78, 5) is 12.5. The molecule has 0 saturated carbocycles. The molecule has 8 nitrogen and oxygen atoms in total. The fraction of sp³-hybridized carbons (Fsp3) is 0.706. The van der Waals surface area contributed by atoms with Crippen molar-refractivity contribution in [2.24, 2.45) is 0 Å². The minimum absolute atomic E-state index is 0.152. The van der Waals surface area contributed by atoms with Crippen LogP contribution >= 0.6 is 0 Å². The summed E-state index contributed by atoms with van der Waals surface area (Å²) in [5.74, 6) is 0. The average Bonchev–Trinajstić information content (AvgIpc) is 3.39. The fourth-order valence-corrected chi connectivity index (χ4v) is 2.19. The van der Waals surface area contributed by atoms with E-state index in [-0.39, 0.29) is 41.4 Å². The molecule has 3 rings (SSSR count). The number of aromatic nitrogens is 3. The monoisotopic (exact) mass is 351 g/mol. The molecule has 0 aromatic carbocycles. The van der Waals surface area contributed by atoms with Crippen LogP contribution in [0.2, 0.25) is 0 Å². The Morgan fingerprint density at radius 2 is 1.28 bits per heavy atom. The fourth-order valence-electron chi connectivity index (χ4n) is 2.19. The van der Waals surface area contributed by atoms with Crippen LogP contribution < -0.4 is 14.2 Å². The Balaban J connectivity index is 1.66. The molecule has 4 unspecified atom stereocenters. The highest BCUT2D eigenvalue weighted by atomic mass is 16.6. The van der Waals surface area contributed by atoms with E-state index < -0.39 is 0 Å². The van der Waals surface area contributed by atoms with Crippen molar-refractivity contribution in [3.05, 3.63) is 12.2 Å². The Bertz CT molecular complexity index is 611.